The van der Waals surface area contributed by atoms with Crippen LogP contribution in [0.25, 0.3) is 0 Å². The van der Waals surface area contributed by atoms with Gasteiger partial charge in [0.1, 0.15) is 0 Å². The van der Waals surface area contributed by atoms with Gasteiger partial charge in [0, 0.05) is 19.8 Å². The molecule has 5 nitrogen and oxygen atoms in total. The molecule has 1 atom stereocenters. The van der Waals surface area contributed by atoms with E-state index in [1.807, 2.05) is 0 Å². The Morgan fingerprint density at radius 1 is 1.40 bits per heavy atom. The van der Waals surface area contributed by atoms with Gasteiger partial charge in [0.25, 0.3) is 5.91 Å². The summed E-state index contributed by atoms with van der Waals surface area (Å²) in [5.74, 6) is -0.266. The highest BCUT2D eigenvalue weighted by molar-refractivity contribution is 6.34. The second-order valence-electron chi connectivity index (χ2n) is 5.03. The van der Waals surface area contributed by atoms with Crippen molar-refractivity contribution in [2.45, 2.75) is 18.9 Å². The van der Waals surface area contributed by atoms with Gasteiger partial charge in [-0.1, -0.05) is 11.6 Å². The molecule has 1 aliphatic rings. The zero-order chi connectivity index (χ0) is 14.7. The van der Waals surface area contributed by atoms with E-state index in [0.29, 0.717) is 16.3 Å². The average molecular weight is 296 g/mol. The summed E-state index contributed by atoms with van der Waals surface area (Å²) < 4.78 is 0. The molecule has 0 spiro atoms. The lowest BCUT2D eigenvalue weighted by molar-refractivity contribution is -0.117. The Bertz CT molecular complexity index is 525. The van der Waals surface area contributed by atoms with E-state index in [9.17, 15) is 9.59 Å². The maximum absolute atomic E-state index is 12.0. The molecule has 0 unspecified atom stereocenters. The van der Waals surface area contributed by atoms with Crippen molar-refractivity contribution < 1.29 is 9.59 Å². The Kier molecular flexibility index (Phi) is 4.62. The molecule has 0 aliphatic carbocycles. The maximum atomic E-state index is 12.0. The lowest BCUT2D eigenvalue weighted by Crippen LogP contribution is -2.35. The molecule has 2 amide bonds. The average Bonchev–Trinajstić information content (AvgIpc) is 2.94. The Labute approximate surface area is 123 Å². The first-order valence-electron chi connectivity index (χ1n) is 6.54. The molecule has 1 aromatic rings. The Morgan fingerprint density at radius 3 is 2.75 bits per heavy atom. The van der Waals surface area contributed by atoms with Gasteiger partial charge in [0.15, 0.2) is 0 Å². The SMILES string of the molecule is CN(C)C(=O)c1cc(NC(=O)[C@H]2CCCN2)ccc1Cl. The number of hydrogen-bond acceptors (Lipinski definition) is 3. The summed E-state index contributed by atoms with van der Waals surface area (Å²) >= 11 is 6.03. The third-order valence-corrected chi connectivity index (χ3v) is 3.58. The predicted molar refractivity (Wildman–Crippen MR) is 79.1 cm³/mol. The van der Waals surface area contributed by atoms with Gasteiger partial charge < -0.3 is 15.5 Å². The molecule has 0 aromatic heterocycles. The molecular formula is C14H18ClN3O2. The van der Waals surface area contributed by atoms with Crippen molar-refractivity contribution in [2.24, 2.45) is 0 Å². The molecule has 1 saturated heterocycles. The molecule has 1 aliphatic heterocycles. The third kappa shape index (κ3) is 3.29. The fraction of sp³-hybridized carbons (Fsp3) is 0.429. The van der Waals surface area contributed by atoms with Gasteiger partial charge in [-0.15, -0.1) is 0 Å². The number of hydrogen-bond donors (Lipinski definition) is 2. The normalized spacial score (nSPS) is 17.9. The third-order valence-electron chi connectivity index (χ3n) is 3.25. The smallest absolute Gasteiger partial charge is 0.254 e. The van der Waals surface area contributed by atoms with Crippen molar-refractivity contribution >= 4 is 29.1 Å². The summed E-state index contributed by atoms with van der Waals surface area (Å²) in [5.41, 5.74) is 0.965. The number of carbonyl (C=O) groups is 2. The first-order valence-corrected chi connectivity index (χ1v) is 6.92. The fourth-order valence-corrected chi connectivity index (χ4v) is 2.34. The van der Waals surface area contributed by atoms with Gasteiger partial charge in [-0.05, 0) is 37.6 Å². The van der Waals surface area contributed by atoms with E-state index >= 15 is 0 Å². The van der Waals surface area contributed by atoms with E-state index in [2.05, 4.69) is 10.6 Å². The molecule has 1 aromatic carbocycles. The molecule has 2 rings (SSSR count). The molecule has 1 heterocycles. The number of nitrogens with one attached hydrogen (secondary N) is 2. The van der Waals surface area contributed by atoms with Crippen LogP contribution >= 0.6 is 11.6 Å². The molecule has 2 N–H and O–H groups in total. The number of anilines is 1. The minimum atomic E-state index is -0.190. The van der Waals surface area contributed by atoms with Crippen LogP contribution < -0.4 is 10.6 Å². The van der Waals surface area contributed by atoms with E-state index in [4.69, 9.17) is 11.6 Å². The zero-order valence-corrected chi connectivity index (χ0v) is 12.3. The minimum Gasteiger partial charge on any atom is -0.345 e. The topological polar surface area (TPSA) is 61.4 Å². The van der Waals surface area contributed by atoms with Gasteiger partial charge in [-0.2, -0.15) is 0 Å². The van der Waals surface area contributed by atoms with Crippen molar-refractivity contribution in [2.75, 3.05) is 26.0 Å². The maximum Gasteiger partial charge on any atom is 0.254 e. The largest absolute Gasteiger partial charge is 0.345 e. The lowest BCUT2D eigenvalue weighted by Gasteiger charge is -2.14. The van der Waals surface area contributed by atoms with Crippen LogP contribution in [0.1, 0.15) is 23.2 Å². The number of nitrogens with zero attached hydrogens (tertiary/aromatic N) is 1. The molecular weight excluding hydrogens is 278 g/mol. The van der Waals surface area contributed by atoms with E-state index in [1.165, 1.54) is 4.90 Å². The van der Waals surface area contributed by atoms with Crippen LogP contribution in [0.15, 0.2) is 18.2 Å². The first kappa shape index (κ1) is 14.8. The molecule has 108 valence electrons. The number of rotatable bonds is 3. The molecule has 0 saturated carbocycles. The first-order chi connectivity index (χ1) is 9.49. The number of benzene rings is 1. The van der Waals surface area contributed by atoms with Crippen LogP contribution in [0.5, 0.6) is 0 Å². The van der Waals surface area contributed by atoms with Crippen molar-refractivity contribution in [1.29, 1.82) is 0 Å². The van der Waals surface area contributed by atoms with E-state index in [1.54, 1.807) is 32.3 Å². The summed E-state index contributed by atoms with van der Waals surface area (Å²) in [4.78, 5) is 25.4. The van der Waals surface area contributed by atoms with Crippen LogP contribution in [-0.2, 0) is 4.79 Å². The summed E-state index contributed by atoms with van der Waals surface area (Å²) in [5, 5.41) is 6.32. The number of carbonyl (C=O) groups excluding carboxylic acids is 2. The second-order valence-corrected chi connectivity index (χ2v) is 5.44. The predicted octanol–water partition coefficient (Wildman–Crippen LogP) is 1.73. The van der Waals surface area contributed by atoms with Crippen LogP contribution in [0.3, 0.4) is 0 Å². The second kappa shape index (κ2) is 6.24. The standard InChI is InChI=1S/C14H18ClN3O2/c1-18(2)14(20)10-8-9(5-6-11(10)15)17-13(19)12-4-3-7-16-12/h5-6,8,12,16H,3-4,7H2,1-2H3,(H,17,19)/t12-/m1/s1. The van der Waals surface area contributed by atoms with Gasteiger partial charge >= 0.3 is 0 Å². The van der Waals surface area contributed by atoms with Crippen LogP contribution in [0.4, 0.5) is 5.69 Å². The number of halogens is 1. The van der Waals surface area contributed by atoms with Crippen LogP contribution in [-0.4, -0.2) is 43.4 Å². The molecule has 0 bridgehead atoms. The van der Waals surface area contributed by atoms with Gasteiger partial charge in [-0.25, -0.2) is 0 Å². The lowest BCUT2D eigenvalue weighted by atomic mass is 10.1. The van der Waals surface area contributed by atoms with Crippen LogP contribution in [0, 0.1) is 0 Å². The fourth-order valence-electron chi connectivity index (χ4n) is 2.15. The molecule has 20 heavy (non-hydrogen) atoms. The number of amides is 2. The highest BCUT2D eigenvalue weighted by Crippen LogP contribution is 2.22. The molecule has 6 heteroatoms. The molecule has 1 fully saturated rings. The van der Waals surface area contributed by atoms with Gasteiger partial charge in [-0.3, -0.25) is 9.59 Å². The van der Waals surface area contributed by atoms with Crippen molar-refractivity contribution in [3.63, 3.8) is 0 Å². The van der Waals surface area contributed by atoms with Crippen molar-refractivity contribution in [3.05, 3.63) is 28.8 Å². The Balaban J connectivity index is 2.14. The monoisotopic (exact) mass is 295 g/mol. The van der Waals surface area contributed by atoms with E-state index in [0.717, 1.165) is 19.4 Å². The summed E-state index contributed by atoms with van der Waals surface area (Å²) in [6.45, 7) is 0.864. The zero-order valence-electron chi connectivity index (χ0n) is 11.6. The van der Waals surface area contributed by atoms with Crippen molar-refractivity contribution in [3.8, 4) is 0 Å². The highest BCUT2D eigenvalue weighted by Gasteiger charge is 2.22. The molecule has 0 radical (unpaired) electrons. The highest BCUT2D eigenvalue weighted by atomic mass is 35.5. The van der Waals surface area contributed by atoms with Crippen LogP contribution in [0.2, 0.25) is 5.02 Å². The minimum absolute atomic E-state index is 0.0759. The summed E-state index contributed by atoms with van der Waals surface area (Å²) in [6.07, 6.45) is 1.84. The van der Waals surface area contributed by atoms with E-state index < -0.39 is 0 Å². The quantitative estimate of drug-likeness (QED) is 0.893. The summed E-state index contributed by atoms with van der Waals surface area (Å²) in [7, 11) is 3.32. The van der Waals surface area contributed by atoms with Gasteiger partial charge in [0.05, 0.1) is 16.6 Å². The summed E-state index contributed by atoms with van der Waals surface area (Å²) in [6, 6.07) is 4.77. The Morgan fingerprint density at radius 2 is 2.15 bits per heavy atom. The Hall–Kier alpha value is -1.59. The van der Waals surface area contributed by atoms with Crippen molar-refractivity contribution in [1.82, 2.24) is 10.2 Å². The van der Waals surface area contributed by atoms with E-state index in [-0.39, 0.29) is 17.9 Å². The van der Waals surface area contributed by atoms with Gasteiger partial charge in [0.2, 0.25) is 5.91 Å².